The van der Waals surface area contributed by atoms with Crippen LogP contribution in [-0.2, 0) is 9.47 Å². The topological polar surface area (TPSA) is 48.0 Å². The molecule has 0 saturated carbocycles. The van der Waals surface area contributed by atoms with E-state index in [-0.39, 0.29) is 11.4 Å². The predicted molar refractivity (Wildman–Crippen MR) is 102 cm³/mol. The summed E-state index contributed by atoms with van der Waals surface area (Å²) in [5, 5.41) is 1.00. The number of fused-ring (bicyclic) bond motifs is 2. The monoisotopic (exact) mass is 395 g/mol. The number of ether oxygens (including phenoxy) is 3. The number of carbonyl (C=O) groups is 1. The highest BCUT2D eigenvalue weighted by atomic mass is 32.2. The lowest BCUT2D eigenvalue weighted by Gasteiger charge is -2.33. The number of hydrogen-bond acceptors (Lipinski definition) is 6. The van der Waals surface area contributed by atoms with Crippen LogP contribution in [0, 0.1) is 5.82 Å². The molecule has 3 atom stereocenters. The zero-order valence-corrected chi connectivity index (χ0v) is 16.4. The Balaban J connectivity index is 1.36. The highest BCUT2D eigenvalue weighted by Gasteiger charge is 2.51. The molecule has 0 radical (unpaired) electrons. The third kappa shape index (κ3) is 4.25. The van der Waals surface area contributed by atoms with Crippen LogP contribution in [-0.4, -0.2) is 66.4 Å². The third-order valence-electron chi connectivity index (χ3n) is 5.68. The number of nitrogens with zero attached hydrogens (tertiary/aromatic N) is 1. The zero-order valence-electron chi connectivity index (χ0n) is 15.6. The van der Waals surface area contributed by atoms with Crippen LogP contribution in [0.5, 0.6) is 5.75 Å². The summed E-state index contributed by atoms with van der Waals surface area (Å²) in [6, 6.07) is 4.23. The summed E-state index contributed by atoms with van der Waals surface area (Å²) in [4.78, 5) is 14.5. The number of thioether (sulfide) groups is 1. The molecule has 3 saturated heterocycles. The molecule has 3 aliphatic rings. The maximum absolute atomic E-state index is 14.3. The Hall–Kier alpha value is -1.31. The number of carbonyl (C=O) groups excluding carboxylic acids is 1. The van der Waals surface area contributed by atoms with Gasteiger partial charge >= 0.3 is 5.97 Å². The largest absolute Gasteiger partial charge is 0.483 e. The molecule has 1 aromatic rings. The van der Waals surface area contributed by atoms with Gasteiger partial charge in [0.25, 0.3) is 0 Å². The van der Waals surface area contributed by atoms with Crippen LogP contribution in [0.25, 0.3) is 0 Å². The van der Waals surface area contributed by atoms with E-state index in [0.717, 1.165) is 25.9 Å². The number of rotatable bonds is 6. The quantitative estimate of drug-likeness (QED) is 0.690. The summed E-state index contributed by atoms with van der Waals surface area (Å²) in [5.74, 6) is -0.734. The standard InChI is InChI=1S/C20H26FNO4S/c1-20(13-15-3-5-18(20)27-15)26-17-12-14(2-4-16(17)21)19(23)25-11-8-22-6-9-24-10-7-22/h2,4,12,15,18H,3,5-11,13H2,1H3. The van der Waals surface area contributed by atoms with E-state index < -0.39 is 11.8 Å². The van der Waals surface area contributed by atoms with Crippen molar-refractivity contribution in [1.29, 1.82) is 0 Å². The molecule has 3 fully saturated rings. The smallest absolute Gasteiger partial charge is 0.338 e. The molecule has 27 heavy (non-hydrogen) atoms. The summed E-state index contributed by atoms with van der Waals surface area (Å²) in [7, 11) is 0. The van der Waals surface area contributed by atoms with Gasteiger partial charge in [-0.3, -0.25) is 4.90 Å². The molecule has 1 aromatic carbocycles. The molecule has 4 rings (SSSR count). The van der Waals surface area contributed by atoms with Crippen molar-refractivity contribution in [2.24, 2.45) is 0 Å². The number of benzene rings is 1. The average Bonchev–Trinajstić information content (AvgIpc) is 3.25. The fourth-order valence-corrected chi connectivity index (χ4v) is 6.00. The van der Waals surface area contributed by atoms with Gasteiger partial charge in [0.05, 0.1) is 18.8 Å². The molecule has 3 unspecified atom stereocenters. The predicted octanol–water partition coefficient (Wildman–Crippen LogP) is 3.12. The molecule has 3 heterocycles. The maximum Gasteiger partial charge on any atom is 0.338 e. The van der Waals surface area contributed by atoms with Crippen molar-refractivity contribution in [3.8, 4) is 5.75 Å². The Morgan fingerprint density at radius 2 is 2.19 bits per heavy atom. The lowest BCUT2D eigenvalue weighted by Crippen LogP contribution is -2.41. The van der Waals surface area contributed by atoms with Gasteiger partial charge in [0.1, 0.15) is 12.2 Å². The van der Waals surface area contributed by atoms with Crippen LogP contribution in [0.1, 0.15) is 36.5 Å². The van der Waals surface area contributed by atoms with Crippen molar-refractivity contribution in [1.82, 2.24) is 4.90 Å². The summed E-state index contributed by atoms with van der Waals surface area (Å²) >= 11 is 1.95. The Morgan fingerprint density at radius 3 is 2.89 bits per heavy atom. The number of hydrogen-bond donors (Lipinski definition) is 0. The Bertz CT molecular complexity index is 697. The summed E-state index contributed by atoms with van der Waals surface area (Å²) < 4.78 is 31.1. The van der Waals surface area contributed by atoms with Crippen LogP contribution in [0.15, 0.2) is 18.2 Å². The molecule has 0 amide bonds. The number of morpholine rings is 1. The molecular weight excluding hydrogens is 369 g/mol. The lowest BCUT2D eigenvalue weighted by atomic mass is 9.86. The van der Waals surface area contributed by atoms with E-state index in [1.165, 1.54) is 24.6 Å². The van der Waals surface area contributed by atoms with E-state index in [9.17, 15) is 9.18 Å². The highest BCUT2D eigenvalue weighted by molar-refractivity contribution is 8.01. The van der Waals surface area contributed by atoms with Crippen molar-refractivity contribution in [2.45, 2.75) is 42.3 Å². The van der Waals surface area contributed by atoms with Gasteiger partial charge in [0, 0.05) is 30.1 Å². The van der Waals surface area contributed by atoms with Gasteiger partial charge in [0.15, 0.2) is 11.6 Å². The van der Waals surface area contributed by atoms with Gasteiger partial charge in [0.2, 0.25) is 0 Å². The molecule has 0 N–H and O–H groups in total. The molecule has 2 bridgehead atoms. The van der Waals surface area contributed by atoms with Gasteiger partial charge < -0.3 is 14.2 Å². The Morgan fingerprint density at radius 1 is 1.37 bits per heavy atom. The zero-order chi connectivity index (χ0) is 18.9. The normalized spacial score (nSPS) is 30.4. The highest BCUT2D eigenvalue weighted by Crippen LogP contribution is 2.53. The summed E-state index contributed by atoms with van der Waals surface area (Å²) in [6.07, 6.45) is 3.25. The fraction of sp³-hybridized carbons (Fsp3) is 0.650. The van der Waals surface area contributed by atoms with Gasteiger partial charge in [-0.2, -0.15) is 11.8 Å². The maximum atomic E-state index is 14.3. The van der Waals surface area contributed by atoms with Crippen molar-refractivity contribution in [3.63, 3.8) is 0 Å². The molecule has 148 valence electrons. The third-order valence-corrected chi connectivity index (χ3v) is 7.53. The number of halogens is 1. The second kappa shape index (κ2) is 7.97. The molecular formula is C20H26FNO4S. The first-order valence-electron chi connectivity index (χ1n) is 9.65. The SMILES string of the molecule is CC1(Oc2cc(C(=O)OCCN3CCOCC3)ccc2F)CC2CCC1S2. The Labute approximate surface area is 163 Å². The van der Waals surface area contributed by atoms with Gasteiger partial charge in [-0.05, 0) is 44.4 Å². The summed E-state index contributed by atoms with van der Waals surface area (Å²) in [5.41, 5.74) is -0.0411. The van der Waals surface area contributed by atoms with E-state index in [1.54, 1.807) is 0 Å². The molecule has 0 aliphatic carbocycles. The van der Waals surface area contributed by atoms with Gasteiger partial charge in [-0.15, -0.1) is 0 Å². The van der Waals surface area contributed by atoms with Crippen LogP contribution < -0.4 is 4.74 Å². The van der Waals surface area contributed by atoms with E-state index in [2.05, 4.69) is 11.8 Å². The van der Waals surface area contributed by atoms with Crippen LogP contribution in [0.2, 0.25) is 0 Å². The second-order valence-corrected chi connectivity index (χ2v) is 9.19. The average molecular weight is 395 g/mol. The van der Waals surface area contributed by atoms with E-state index in [0.29, 0.717) is 42.4 Å². The van der Waals surface area contributed by atoms with E-state index in [4.69, 9.17) is 14.2 Å². The first kappa shape index (κ1) is 19.0. The second-order valence-electron chi connectivity index (χ2n) is 7.68. The first-order chi connectivity index (χ1) is 13.0. The van der Waals surface area contributed by atoms with E-state index >= 15 is 0 Å². The fourth-order valence-electron chi connectivity index (χ4n) is 4.13. The Kier molecular flexibility index (Phi) is 5.62. The van der Waals surface area contributed by atoms with Crippen molar-refractivity contribution in [2.75, 3.05) is 39.5 Å². The van der Waals surface area contributed by atoms with Crippen molar-refractivity contribution in [3.05, 3.63) is 29.6 Å². The van der Waals surface area contributed by atoms with Crippen LogP contribution >= 0.6 is 11.8 Å². The number of esters is 1. The lowest BCUT2D eigenvalue weighted by molar-refractivity contribution is 0.0194. The van der Waals surface area contributed by atoms with Crippen molar-refractivity contribution >= 4 is 17.7 Å². The molecule has 0 spiro atoms. The van der Waals surface area contributed by atoms with E-state index in [1.807, 2.05) is 11.8 Å². The van der Waals surface area contributed by atoms with Gasteiger partial charge in [-0.25, -0.2) is 9.18 Å². The molecule has 5 nitrogen and oxygen atoms in total. The minimum atomic E-state index is -0.444. The van der Waals surface area contributed by atoms with Crippen molar-refractivity contribution < 1.29 is 23.4 Å². The minimum Gasteiger partial charge on any atom is -0.483 e. The van der Waals surface area contributed by atoms with Crippen LogP contribution in [0.4, 0.5) is 4.39 Å². The summed E-state index contributed by atoms with van der Waals surface area (Å²) in [6.45, 7) is 6.17. The van der Waals surface area contributed by atoms with Gasteiger partial charge in [-0.1, -0.05) is 0 Å². The molecule has 0 aromatic heterocycles. The minimum absolute atomic E-state index is 0.147. The molecule has 3 aliphatic heterocycles. The molecule has 7 heteroatoms. The van der Waals surface area contributed by atoms with Crippen LogP contribution in [0.3, 0.4) is 0 Å². The first-order valence-corrected chi connectivity index (χ1v) is 10.6.